The summed E-state index contributed by atoms with van der Waals surface area (Å²) in [5.74, 6) is -0.486. The Hall–Kier alpha value is -1.66. The number of hydrogen-bond acceptors (Lipinski definition) is 5. The molecule has 0 aromatic heterocycles. The SMILES string of the molecule is CCCCCCCCC/C=C/C=C/CCCCCC(CC(=O)NC(CO)C(O)CCCCCCCCCCCC)OC(=O)CCCCCCCCCCCCCCCCC. The van der Waals surface area contributed by atoms with E-state index in [0.717, 1.165) is 70.6 Å². The molecule has 0 radical (unpaired) electrons. The van der Waals surface area contributed by atoms with Gasteiger partial charge >= 0.3 is 5.97 Å². The Morgan fingerprint density at radius 3 is 1.25 bits per heavy atom. The number of aliphatic hydroxyl groups is 2. The Balaban J connectivity index is 4.59. The number of allylic oxidation sites excluding steroid dienone is 4. The zero-order valence-electron chi connectivity index (χ0n) is 40.4. The molecule has 6 nitrogen and oxygen atoms in total. The zero-order valence-corrected chi connectivity index (χ0v) is 40.4. The number of rotatable bonds is 48. The number of unbranched alkanes of at least 4 members (excludes halogenated alkanes) is 33. The molecule has 0 aromatic rings. The van der Waals surface area contributed by atoms with Gasteiger partial charge in [0.2, 0.25) is 5.91 Å². The van der Waals surface area contributed by atoms with E-state index in [1.807, 2.05) is 0 Å². The molecule has 0 fully saturated rings. The maximum absolute atomic E-state index is 13.2. The van der Waals surface area contributed by atoms with Crippen LogP contribution in [0.25, 0.3) is 0 Å². The van der Waals surface area contributed by atoms with E-state index in [4.69, 9.17) is 4.74 Å². The van der Waals surface area contributed by atoms with Crippen LogP contribution in [0.5, 0.6) is 0 Å². The third kappa shape index (κ3) is 43.0. The minimum atomic E-state index is -0.790. The molecule has 354 valence electrons. The predicted octanol–water partition coefficient (Wildman–Crippen LogP) is 15.9. The van der Waals surface area contributed by atoms with Crippen LogP contribution in [0, 0.1) is 0 Å². The predicted molar refractivity (Wildman–Crippen MR) is 260 cm³/mol. The van der Waals surface area contributed by atoms with Crippen LogP contribution in [-0.2, 0) is 14.3 Å². The van der Waals surface area contributed by atoms with Gasteiger partial charge in [-0.3, -0.25) is 9.59 Å². The lowest BCUT2D eigenvalue weighted by Crippen LogP contribution is -2.46. The summed E-state index contributed by atoms with van der Waals surface area (Å²) < 4.78 is 5.93. The van der Waals surface area contributed by atoms with Crippen LogP contribution in [0.1, 0.15) is 284 Å². The standard InChI is InChI=1S/C54H103NO5/c1-4-7-10-13-16-19-22-24-26-28-29-31-33-36-39-42-45-50(60-54(59)47-44-41-38-35-32-30-27-25-23-20-17-14-11-8-5-2)48-53(58)55-51(49-56)52(57)46-43-40-37-34-21-18-15-12-9-6-3/h26,28-29,31,50-52,56-57H,4-25,27,30,32-49H2,1-3H3,(H,55,58)/b28-26+,31-29+. The second kappa shape index (κ2) is 48.4. The molecule has 0 saturated heterocycles. The lowest BCUT2D eigenvalue weighted by atomic mass is 10.0. The van der Waals surface area contributed by atoms with Crippen molar-refractivity contribution in [1.82, 2.24) is 5.32 Å². The van der Waals surface area contributed by atoms with Gasteiger partial charge in [0.25, 0.3) is 0 Å². The highest BCUT2D eigenvalue weighted by Gasteiger charge is 2.24. The van der Waals surface area contributed by atoms with Crippen molar-refractivity contribution in [2.24, 2.45) is 0 Å². The first-order valence-electron chi connectivity index (χ1n) is 26.6. The average molecular weight is 846 g/mol. The number of nitrogens with one attached hydrogen (secondary N) is 1. The largest absolute Gasteiger partial charge is 0.462 e. The summed E-state index contributed by atoms with van der Waals surface area (Å²) in [6.45, 7) is 6.48. The number of hydrogen-bond donors (Lipinski definition) is 3. The zero-order chi connectivity index (χ0) is 43.8. The van der Waals surface area contributed by atoms with Gasteiger partial charge in [-0.1, -0.05) is 244 Å². The molecule has 3 unspecified atom stereocenters. The summed E-state index contributed by atoms with van der Waals surface area (Å²) in [6, 6.07) is -0.705. The van der Waals surface area contributed by atoms with E-state index in [2.05, 4.69) is 50.4 Å². The first-order chi connectivity index (χ1) is 29.5. The number of carbonyl (C=O) groups excluding carboxylic acids is 2. The molecule has 3 N–H and O–H groups in total. The molecule has 0 saturated carbocycles. The van der Waals surface area contributed by atoms with Crippen molar-refractivity contribution < 1.29 is 24.5 Å². The number of amides is 1. The molecule has 0 aliphatic rings. The summed E-state index contributed by atoms with van der Waals surface area (Å²) in [5, 5.41) is 23.7. The van der Waals surface area contributed by atoms with Gasteiger partial charge in [-0.05, 0) is 51.4 Å². The van der Waals surface area contributed by atoms with Crippen LogP contribution in [0.4, 0.5) is 0 Å². The highest BCUT2D eigenvalue weighted by molar-refractivity contribution is 5.77. The number of ether oxygens (including phenoxy) is 1. The second-order valence-corrected chi connectivity index (χ2v) is 18.3. The van der Waals surface area contributed by atoms with E-state index in [1.54, 1.807) is 0 Å². The van der Waals surface area contributed by atoms with Gasteiger partial charge in [0.1, 0.15) is 6.10 Å². The van der Waals surface area contributed by atoms with E-state index in [9.17, 15) is 19.8 Å². The molecule has 6 heteroatoms. The average Bonchev–Trinajstić information content (AvgIpc) is 3.24. The minimum absolute atomic E-state index is 0.0650. The normalized spacial score (nSPS) is 13.3. The first-order valence-corrected chi connectivity index (χ1v) is 26.6. The van der Waals surface area contributed by atoms with Crippen molar-refractivity contribution >= 4 is 11.9 Å². The van der Waals surface area contributed by atoms with Crippen molar-refractivity contribution in [3.05, 3.63) is 24.3 Å². The molecule has 0 heterocycles. The van der Waals surface area contributed by atoms with E-state index in [0.29, 0.717) is 19.3 Å². The topological polar surface area (TPSA) is 95.9 Å². The van der Waals surface area contributed by atoms with E-state index in [1.165, 1.54) is 167 Å². The van der Waals surface area contributed by atoms with Gasteiger partial charge in [-0.2, -0.15) is 0 Å². The Kier molecular flexibility index (Phi) is 47.0. The van der Waals surface area contributed by atoms with Crippen molar-refractivity contribution in [1.29, 1.82) is 0 Å². The molecule has 60 heavy (non-hydrogen) atoms. The molecule has 0 aliphatic heterocycles. The number of esters is 1. The molecule has 0 spiro atoms. The summed E-state index contributed by atoms with van der Waals surface area (Å²) in [5.41, 5.74) is 0. The fourth-order valence-electron chi connectivity index (χ4n) is 8.25. The van der Waals surface area contributed by atoms with Gasteiger partial charge in [-0.25, -0.2) is 0 Å². The quantitative estimate of drug-likeness (QED) is 0.0322. The van der Waals surface area contributed by atoms with Gasteiger partial charge in [0.15, 0.2) is 0 Å². The molecule has 0 aliphatic carbocycles. The smallest absolute Gasteiger partial charge is 0.306 e. The van der Waals surface area contributed by atoms with E-state index in [-0.39, 0.29) is 24.9 Å². The maximum Gasteiger partial charge on any atom is 0.306 e. The van der Waals surface area contributed by atoms with Gasteiger partial charge in [0.05, 0.1) is 25.2 Å². The molecule has 0 aromatic carbocycles. The summed E-state index contributed by atoms with van der Waals surface area (Å²) in [7, 11) is 0. The van der Waals surface area contributed by atoms with Crippen LogP contribution in [0.15, 0.2) is 24.3 Å². The molecule has 1 amide bonds. The maximum atomic E-state index is 13.2. The van der Waals surface area contributed by atoms with Crippen LogP contribution in [0.3, 0.4) is 0 Å². The van der Waals surface area contributed by atoms with E-state index < -0.39 is 18.2 Å². The third-order valence-corrected chi connectivity index (χ3v) is 12.3. The third-order valence-electron chi connectivity index (χ3n) is 12.3. The Morgan fingerprint density at radius 1 is 0.483 bits per heavy atom. The van der Waals surface area contributed by atoms with Gasteiger partial charge < -0.3 is 20.3 Å². The molecular formula is C54H103NO5. The fourth-order valence-corrected chi connectivity index (χ4v) is 8.25. The van der Waals surface area contributed by atoms with Crippen LogP contribution in [0.2, 0.25) is 0 Å². The van der Waals surface area contributed by atoms with Crippen LogP contribution in [-0.4, -0.2) is 46.9 Å². The summed E-state index contributed by atoms with van der Waals surface area (Å²) in [6.07, 6.45) is 55.3. The lowest BCUT2D eigenvalue weighted by molar-refractivity contribution is -0.151. The van der Waals surface area contributed by atoms with Crippen molar-refractivity contribution in [2.75, 3.05) is 6.61 Å². The Bertz CT molecular complexity index is 950. The Labute approximate surface area is 373 Å². The fraction of sp³-hybridized carbons (Fsp3) is 0.889. The monoisotopic (exact) mass is 846 g/mol. The van der Waals surface area contributed by atoms with Crippen molar-refractivity contribution in [3.63, 3.8) is 0 Å². The summed E-state index contributed by atoms with van der Waals surface area (Å²) in [4.78, 5) is 26.1. The summed E-state index contributed by atoms with van der Waals surface area (Å²) >= 11 is 0. The van der Waals surface area contributed by atoms with E-state index >= 15 is 0 Å². The highest BCUT2D eigenvalue weighted by Crippen LogP contribution is 2.18. The van der Waals surface area contributed by atoms with Crippen LogP contribution >= 0.6 is 0 Å². The first kappa shape index (κ1) is 58.3. The molecule has 0 rings (SSSR count). The van der Waals surface area contributed by atoms with Crippen molar-refractivity contribution in [3.8, 4) is 0 Å². The Morgan fingerprint density at radius 2 is 0.833 bits per heavy atom. The second-order valence-electron chi connectivity index (χ2n) is 18.3. The lowest BCUT2D eigenvalue weighted by Gasteiger charge is -2.24. The molecule has 3 atom stereocenters. The van der Waals surface area contributed by atoms with Crippen LogP contribution < -0.4 is 5.32 Å². The number of carbonyl (C=O) groups is 2. The minimum Gasteiger partial charge on any atom is -0.462 e. The van der Waals surface area contributed by atoms with Gasteiger partial charge in [-0.15, -0.1) is 0 Å². The van der Waals surface area contributed by atoms with Crippen molar-refractivity contribution in [2.45, 2.75) is 302 Å². The highest BCUT2D eigenvalue weighted by atomic mass is 16.5. The molecular weight excluding hydrogens is 743 g/mol. The van der Waals surface area contributed by atoms with Gasteiger partial charge in [0, 0.05) is 6.42 Å². The number of aliphatic hydroxyl groups excluding tert-OH is 2. The molecule has 0 bridgehead atoms.